The topological polar surface area (TPSA) is 95.6 Å². The molecule has 0 fully saturated rings. The van der Waals surface area contributed by atoms with Crippen molar-refractivity contribution < 1.29 is 4.79 Å². The summed E-state index contributed by atoms with van der Waals surface area (Å²) in [5.41, 5.74) is 8.13. The van der Waals surface area contributed by atoms with E-state index in [-0.39, 0.29) is 5.91 Å². The first-order valence-electron chi connectivity index (χ1n) is 11.7. The first kappa shape index (κ1) is 23.0. The molecule has 3 N–H and O–H groups in total. The van der Waals surface area contributed by atoms with Crippen LogP contribution in [0.1, 0.15) is 24.6 Å². The zero-order valence-electron chi connectivity index (χ0n) is 20.2. The van der Waals surface area contributed by atoms with Gasteiger partial charge in [-0.05, 0) is 35.9 Å². The number of H-pyrrole nitrogens is 1. The second-order valence-electron chi connectivity index (χ2n) is 8.40. The van der Waals surface area contributed by atoms with E-state index in [0.717, 1.165) is 55.8 Å². The van der Waals surface area contributed by atoms with Crippen LogP contribution in [0.2, 0.25) is 0 Å². The minimum absolute atomic E-state index is 0.0591. The summed E-state index contributed by atoms with van der Waals surface area (Å²) in [7, 11) is 1.84. The van der Waals surface area contributed by atoms with Gasteiger partial charge in [0.25, 0.3) is 0 Å². The van der Waals surface area contributed by atoms with Crippen LogP contribution in [0.5, 0.6) is 0 Å². The van der Waals surface area contributed by atoms with Gasteiger partial charge in [0.15, 0.2) is 0 Å². The third-order valence-electron chi connectivity index (χ3n) is 6.09. The normalized spacial score (nSPS) is 10.8. The van der Waals surface area contributed by atoms with Crippen molar-refractivity contribution in [3.8, 4) is 22.3 Å². The number of aromatic nitrogens is 4. The summed E-state index contributed by atoms with van der Waals surface area (Å²) in [5, 5.41) is 7.13. The summed E-state index contributed by atoms with van der Waals surface area (Å²) >= 11 is 0. The lowest BCUT2D eigenvalue weighted by Crippen LogP contribution is -2.09. The number of benzene rings is 1. The van der Waals surface area contributed by atoms with E-state index in [1.165, 1.54) is 0 Å². The van der Waals surface area contributed by atoms with Gasteiger partial charge < -0.3 is 15.6 Å². The van der Waals surface area contributed by atoms with E-state index in [9.17, 15) is 4.79 Å². The van der Waals surface area contributed by atoms with Crippen LogP contribution in [0.25, 0.3) is 38.7 Å². The fraction of sp³-hybridized carbons (Fsp3) is 0.103. The Kier molecular flexibility index (Phi) is 6.28. The number of aromatic amines is 1. The number of pyridine rings is 3. The molecule has 0 bridgehead atoms. The number of carbonyl (C=O) groups is 1. The summed E-state index contributed by atoms with van der Waals surface area (Å²) in [6.45, 7) is 6.22. The van der Waals surface area contributed by atoms with Gasteiger partial charge in [0, 0.05) is 82.7 Å². The van der Waals surface area contributed by atoms with Crippen molar-refractivity contribution in [2.24, 2.45) is 0 Å². The third kappa shape index (κ3) is 4.46. The zero-order valence-corrected chi connectivity index (χ0v) is 20.2. The van der Waals surface area contributed by atoms with E-state index in [2.05, 4.69) is 61.4 Å². The van der Waals surface area contributed by atoms with Crippen molar-refractivity contribution in [2.75, 3.05) is 17.7 Å². The highest BCUT2D eigenvalue weighted by Gasteiger charge is 2.15. The number of amides is 1. The Labute approximate surface area is 209 Å². The second kappa shape index (κ2) is 9.84. The Bertz CT molecular complexity index is 1570. The molecule has 178 valence electrons. The van der Waals surface area contributed by atoms with Crippen LogP contribution in [-0.4, -0.2) is 32.9 Å². The molecular weight excluding hydrogens is 448 g/mol. The standard InChI is InChI=1S/C29H26N6O/c1-4-28(36)34-22-11-20(15-32-17-22)21-12-24(29(30-3)33-16-21)18(2)27-13-25-23(8-5-9-26(25)35-27)19-7-6-10-31-14-19/h5-17,35H,2,4H2,1,3H3,(H,30,33)(H,34,36). The molecule has 1 amide bonds. The smallest absolute Gasteiger partial charge is 0.224 e. The Morgan fingerprint density at radius 3 is 2.58 bits per heavy atom. The molecule has 1 aromatic carbocycles. The Morgan fingerprint density at radius 2 is 1.81 bits per heavy atom. The SMILES string of the molecule is C=C(c1cc2c(-c3cccnc3)cccc2[nH]1)c1cc(-c2cncc(NC(=O)CC)c2)cnc1NC. The summed E-state index contributed by atoms with van der Waals surface area (Å²) < 4.78 is 0. The summed E-state index contributed by atoms with van der Waals surface area (Å²) in [5.74, 6) is 0.662. The molecule has 0 spiro atoms. The molecule has 0 saturated carbocycles. The first-order chi connectivity index (χ1) is 17.6. The quantitative estimate of drug-likeness (QED) is 0.263. The first-order valence-corrected chi connectivity index (χ1v) is 11.7. The van der Waals surface area contributed by atoms with Crippen LogP contribution in [0.4, 0.5) is 11.5 Å². The van der Waals surface area contributed by atoms with Crippen molar-refractivity contribution >= 4 is 33.9 Å². The monoisotopic (exact) mass is 474 g/mol. The van der Waals surface area contributed by atoms with E-state index in [0.29, 0.717) is 12.1 Å². The maximum Gasteiger partial charge on any atom is 0.224 e. The van der Waals surface area contributed by atoms with Crippen LogP contribution in [0, 0.1) is 0 Å². The fourth-order valence-corrected chi connectivity index (χ4v) is 4.20. The summed E-state index contributed by atoms with van der Waals surface area (Å²) in [6.07, 6.45) is 9.23. The molecule has 7 nitrogen and oxygen atoms in total. The molecule has 0 saturated heterocycles. The third-order valence-corrected chi connectivity index (χ3v) is 6.09. The Morgan fingerprint density at radius 1 is 0.972 bits per heavy atom. The minimum atomic E-state index is -0.0591. The lowest BCUT2D eigenvalue weighted by molar-refractivity contribution is -0.115. The molecule has 36 heavy (non-hydrogen) atoms. The zero-order chi connectivity index (χ0) is 25.1. The molecule has 4 heterocycles. The van der Waals surface area contributed by atoms with Gasteiger partial charge in [-0.2, -0.15) is 0 Å². The maximum absolute atomic E-state index is 11.8. The number of hydrogen-bond donors (Lipinski definition) is 3. The van der Waals surface area contributed by atoms with Gasteiger partial charge in [-0.1, -0.05) is 31.7 Å². The largest absolute Gasteiger partial charge is 0.373 e. The molecule has 0 atom stereocenters. The Balaban J connectivity index is 1.54. The van der Waals surface area contributed by atoms with Crippen LogP contribution >= 0.6 is 0 Å². The van der Waals surface area contributed by atoms with Gasteiger partial charge >= 0.3 is 0 Å². The van der Waals surface area contributed by atoms with Gasteiger partial charge in [-0.15, -0.1) is 0 Å². The number of fused-ring (bicyclic) bond motifs is 1. The van der Waals surface area contributed by atoms with Crippen molar-refractivity contribution in [3.05, 3.63) is 97.4 Å². The van der Waals surface area contributed by atoms with Gasteiger partial charge in [0.1, 0.15) is 5.82 Å². The molecule has 5 rings (SSSR count). The van der Waals surface area contributed by atoms with Gasteiger partial charge in [-0.3, -0.25) is 14.8 Å². The molecule has 0 aliphatic carbocycles. The van der Waals surface area contributed by atoms with Crippen molar-refractivity contribution in [3.63, 3.8) is 0 Å². The number of nitrogens with one attached hydrogen (secondary N) is 3. The summed E-state index contributed by atoms with van der Waals surface area (Å²) in [4.78, 5) is 28.5. The van der Waals surface area contributed by atoms with Gasteiger partial charge in [0.2, 0.25) is 5.91 Å². The van der Waals surface area contributed by atoms with Gasteiger partial charge in [-0.25, -0.2) is 4.98 Å². The van der Waals surface area contributed by atoms with Crippen LogP contribution in [0.3, 0.4) is 0 Å². The number of rotatable bonds is 7. The van der Waals surface area contributed by atoms with Crippen LogP contribution in [-0.2, 0) is 4.79 Å². The van der Waals surface area contributed by atoms with E-state index >= 15 is 0 Å². The molecule has 0 radical (unpaired) electrons. The van der Waals surface area contributed by atoms with E-state index in [4.69, 9.17) is 0 Å². The highest BCUT2D eigenvalue weighted by molar-refractivity contribution is 5.99. The molecule has 0 unspecified atom stereocenters. The fourth-order valence-electron chi connectivity index (χ4n) is 4.20. The highest BCUT2D eigenvalue weighted by Crippen LogP contribution is 2.35. The predicted molar refractivity (Wildman–Crippen MR) is 146 cm³/mol. The lowest BCUT2D eigenvalue weighted by atomic mass is 9.99. The predicted octanol–water partition coefficient (Wildman–Crippen LogP) is 6.14. The highest BCUT2D eigenvalue weighted by atomic mass is 16.1. The number of carbonyl (C=O) groups excluding carboxylic acids is 1. The van der Waals surface area contributed by atoms with Crippen molar-refractivity contribution in [2.45, 2.75) is 13.3 Å². The Hall–Kier alpha value is -4.78. The van der Waals surface area contributed by atoms with Crippen molar-refractivity contribution in [1.82, 2.24) is 19.9 Å². The summed E-state index contributed by atoms with van der Waals surface area (Å²) in [6, 6.07) is 16.2. The molecular formula is C29H26N6O. The number of anilines is 2. The number of nitrogens with zero attached hydrogens (tertiary/aromatic N) is 3. The number of hydrogen-bond acceptors (Lipinski definition) is 5. The second-order valence-corrected chi connectivity index (χ2v) is 8.40. The van der Waals surface area contributed by atoms with E-state index in [1.807, 2.05) is 44.4 Å². The molecule has 0 aliphatic rings. The molecule has 4 aromatic heterocycles. The average Bonchev–Trinajstić information content (AvgIpc) is 3.37. The van der Waals surface area contributed by atoms with E-state index < -0.39 is 0 Å². The lowest BCUT2D eigenvalue weighted by Gasteiger charge is -2.13. The van der Waals surface area contributed by atoms with E-state index in [1.54, 1.807) is 24.8 Å². The molecule has 0 aliphatic heterocycles. The minimum Gasteiger partial charge on any atom is -0.373 e. The van der Waals surface area contributed by atoms with Crippen LogP contribution < -0.4 is 10.6 Å². The molecule has 5 aromatic rings. The molecule has 7 heteroatoms. The van der Waals surface area contributed by atoms with Crippen LogP contribution in [0.15, 0.2) is 86.1 Å². The van der Waals surface area contributed by atoms with Crippen molar-refractivity contribution in [1.29, 1.82) is 0 Å². The maximum atomic E-state index is 11.8. The average molecular weight is 475 g/mol. The van der Waals surface area contributed by atoms with Gasteiger partial charge in [0.05, 0.1) is 11.9 Å².